The zero-order valence-electron chi connectivity index (χ0n) is 17.8. The number of nitrogens with zero attached hydrogens (tertiary/aromatic N) is 4. The molecule has 1 aliphatic heterocycles. The Hall–Kier alpha value is -3.12. The van der Waals surface area contributed by atoms with Gasteiger partial charge in [-0.1, -0.05) is 37.3 Å². The Morgan fingerprint density at radius 1 is 1.00 bits per heavy atom. The van der Waals surface area contributed by atoms with Crippen LogP contribution in [0.2, 0.25) is 0 Å². The first-order chi connectivity index (χ1) is 14.6. The molecule has 0 N–H and O–H groups in total. The number of aryl methyl sites for hydroxylation is 1. The maximum atomic E-state index is 13.2. The normalized spacial score (nSPS) is 13.9. The van der Waals surface area contributed by atoms with Gasteiger partial charge in [0.15, 0.2) is 0 Å². The smallest absolute Gasteiger partial charge is 0.259 e. The number of rotatable bonds is 6. The van der Waals surface area contributed by atoms with Crippen molar-refractivity contribution in [3.63, 3.8) is 0 Å². The zero-order chi connectivity index (χ0) is 21.1. The van der Waals surface area contributed by atoms with Gasteiger partial charge < -0.3 is 4.74 Å². The average Bonchev–Trinajstić information content (AvgIpc) is 2.76. The minimum atomic E-state index is 0.0497. The van der Waals surface area contributed by atoms with E-state index in [0.29, 0.717) is 32.3 Å². The highest BCUT2D eigenvalue weighted by Gasteiger charge is 2.27. The van der Waals surface area contributed by atoms with Crippen LogP contribution in [0.25, 0.3) is 0 Å². The first-order valence-corrected chi connectivity index (χ1v) is 10.5. The fourth-order valence-electron chi connectivity index (χ4n) is 3.96. The van der Waals surface area contributed by atoms with Crippen LogP contribution in [-0.2, 0) is 19.6 Å². The van der Waals surface area contributed by atoms with Crippen LogP contribution in [-0.4, -0.2) is 27.7 Å². The molecular formula is C24H28N4O2. The van der Waals surface area contributed by atoms with Crippen molar-refractivity contribution in [2.75, 3.05) is 18.2 Å². The third-order valence-electron chi connectivity index (χ3n) is 5.44. The molecule has 2 heterocycles. The number of fused-ring (bicyclic) bond motifs is 1. The molecule has 0 fully saturated rings. The predicted molar refractivity (Wildman–Crippen MR) is 119 cm³/mol. The van der Waals surface area contributed by atoms with Gasteiger partial charge in [-0.3, -0.25) is 19.2 Å². The maximum Gasteiger partial charge on any atom is 0.259 e. The Labute approximate surface area is 177 Å². The first-order valence-electron chi connectivity index (χ1n) is 10.5. The molecule has 0 amide bonds. The van der Waals surface area contributed by atoms with E-state index in [4.69, 9.17) is 9.72 Å². The maximum absolute atomic E-state index is 13.2. The van der Waals surface area contributed by atoms with E-state index in [2.05, 4.69) is 21.9 Å². The fraction of sp³-hybridized carbons (Fsp3) is 0.333. The summed E-state index contributed by atoms with van der Waals surface area (Å²) in [6, 6.07) is 18.3. The Balaban J connectivity index is 1.75. The summed E-state index contributed by atoms with van der Waals surface area (Å²) in [5, 5.41) is 0. The third-order valence-corrected chi connectivity index (χ3v) is 5.44. The van der Waals surface area contributed by atoms with Gasteiger partial charge in [-0.05, 0) is 50.1 Å². The van der Waals surface area contributed by atoms with Gasteiger partial charge in [0.25, 0.3) is 5.56 Å². The number of hydrogen-bond acceptors (Lipinski definition) is 5. The predicted octanol–water partition coefficient (Wildman–Crippen LogP) is 4.08. The molecule has 0 aliphatic carbocycles. The van der Waals surface area contributed by atoms with Crippen LogP contribution in [0.1, 0.15) is 30.7 Å². The van der Waals surface area contributed by atoms with Gasteiger partial charge >= 0.3 is 0 Å². The first kappa shape index (κ1) is 20.2. The van der Waals surface area contributed by atoms with Crippen molar-refractivity contribution in [3.8, 4) is 5.75 Å². The summed E-state index contributed by atoms with van der Waals surface area (Å²) in [5.74, 6) is 1.53. The second-order valence-corrected chi connectivity index (χ2v) is 7.51. The van der Waals surface area contributed by atoms with Gasteiger partial charge in [0, 0.05) is 23.5 Å². The topological polar surface area (TPSA) is 50.6 Å². The van der Waals surface area contributed by atoms with Crippen molar-refractivity contribution in [2.24, 2.45) is 0 Å². The van der Waals surface area contributed by atoms with Crippen LogP contribution in [0.15, 0.2) is 59.4 Å². The summed E-state index contributed by atoms with van der Waals surface area (Å²) in [7, 11) is 0. The highest BCUT2D eigenvalue weighted by atomic mass is 16.5. The van der Waals surface area contributed by atoms with Gasteiger partial charge in [-0.15, -0.1) is 0 Å². The van der Waals surface area contributed by atoms with Crippen molar-refractivity contribution >= 4 is 11.6 Å². The minimum Gasteiger partial charge on any atom is -0.494 e. The standard InChI is InChI=1S/C24H28N4O2/c1-4-22-18(3)25-24-27(20-11-13-21(14-12-20)30-5-2)16-26(17-28(24)23(22)29)15-19-9-7-6-8-10-19/h6-14H,4-5,15-17H2,1-3H3. The molecule has 0 unspecified atom stereocenters. The van der Waals surface area contributed by atoms with Crippen molar-refractivity contribution in [1.29, 1.82) is 0 Å². The molecule has 1 aliphatic rings. The van der Waals surface area contributed by atoms with Gasteiger partial charge in [-0.2, -0.15) is 0 Å². The summed E-state index contributed by atoms with van der Waals surface area (Å²) in [4.78, 5) is 22.4. The molecule has 2 aromatic carbocycles. The van der Waals surface area contributed by atoms with Crippen molar-refractivity contribution in [1.82, 2.24) is 14.5 Å². The Bertz CT molecular complexity index is 1060. The summed E-state index contributed by atoms with van der Waals surface area (Å²) in [6.07, 6.45) is 0.680. The second-order valence-electron chi connectivity index (χ2n) is 7.51. The molecule has 6 nitrogen and oxygen atoms in total. The van der Waals surface area contributed by atoms with Gasteiger partial charge in [-0.25, -0.2) is 4.98 Å². The van der Waals surface area contributed by atoms with Crippen molar-refractivity contribution in [2.45, 2.75) is 40.4 Å². The molecule has 30 heavy (non-hydrogen) atoms. The molecule has 1 aromatic heterocycles. The minimum absolute atomic E-state index is 0.0497. The van der Waals surface area contributed by atoms with Crippen LogP contribution in [0.4, 0.5) is 11.6 Å². The largest absolute Gasteiger partial charge is 0.494 e. The second kappa shape index (κ2) is 8.71. The number of ether oxygens (including phenoxy) is 1. The van der Waals surface area contributed by atoms with Gasteiger partial charge in [0.05, 0.1) is 19.9 Å². The molecule has 4 rings (SSSR count). The number of aromatic nitrogens is 2. The molecule has 3 aromatic rings. The lowest BCUT2D eigenvalue weighted by Crippen LogP contribution is -2.47. The van der Waals surface area contributed by atoms with E-state index in [1.54, 1.807) is 4.57 Å². The molecule has 156 valence electrons. The summed E-state index contributed by atoms with van der Waals surface area (Å²) >= 11 is 0. The van der Waals surface area contributed by atoms with E-state index in [9.17, 15) is 4.79 Å². The average molecular weight is 405 g/mol. The third kappa shape index (κ3) is 3.96. The van der Waals surface area contributed by atoms with Crippen LogP contribution in [0, 0.1) is 6.92 Å². The number of benzene rings is 2. The Morgan fingerprint density at radius 2 is 1.73 bits per heavy atom. The van der Waals surface area contributed by atoms with E-state index in [-0.39, 0.29) is 5.56 Å². The SMILES string of the molecule is CCOc1ccc(N2CN(Cc3ccccc3)Cn3c2nc(C)c(CC)c3=O)cc1. The summed E-state index contributed by atoms with van der Waals surface area (Å²) in [6.45, 7) is 8.47. The molecule has 0 saturated heterocycles. The Kier molecular flexibility index (Phi) is 5.86. The monoisotopic (exact) mass is 404 g/mol. The molecule has 0 radical (unpaired) electrons. The van der Waals surface area contributed by atoms with E-state index >= 15 is 0 Å². The van der Waals surface area contributed by atoms with Gasteiger partial charge in [0.2, 0.25) is 5.95 Å². The van der Waals surface area contributed by atoms with Crippen molar-refractivity contribution < 1.29 is 4.74 Å². The molecular weight excluding hydrogens is 376 g/mol. The highest BCUT2D eigenvalue weighted by molar-refractivity contribution is 5.59. The fourth-order valence-corrected chi connectivity index (χ4v) is 3.96. The Morgan fingerprint density at radius 3 is 2.40 bits per heavy atom. The highest BCUT2D eigenvalue weighted by Crippen LogP contribution is 2.29. The molecule has 0 bridgehead atoms. The van der Waals surface area contributed by atoms with Gasteiger partial charge in [0.1, 0.15) is 5.75 Å². The zero-order valence-corrected chi connectivity index (χ0v) is 17.8. The molecule has 6 heteroatoms. The van der Waals surface area contributed by atoms with Crippen LogP contribution >= 0.6 is 0 Å². The lowest BCUT2D eigenvalue weighted by molar-refractivity contribution is 0.189. The number of hydrogen-bond donors (Lipinski definition) is 0. The lowest BCUT2D eigenvalue weighted by Gasteiger charge is -2.38. The molecule has 0 saturated carbocycles. The summed E-state index contributed by atoms with van der Waals surface area (Å²) < 4.78 is 7.39. The summed E-state index contributed by atoms with van der Waals surface area (Å²) in [5.41, 5.74) is 3.85. The molecule has 0 spiro atoms. The quantitative estimate of drug-likeness (QED) is 0.620. The molecule has 0 atom stereocenters. The van der Waals surface area contributed by atoms with Crippen LogP contribution < -0.4 is 15.2 Å². The van der Waals surface area contributed by atoms with E-state index in [0.717, 1.165) is 29.2 Å². The van der Waals surface area contributed by atoms with Crippen LogP contribution in [0.3, 0.4) is 0 Å². The van der Waals surface area contributed by atoms with E-state index < -0.39 is 0 Å². The van der Waals surface area contributed by atoms with Crippen molar-refractivity contribution in [3.05, 3.63) is 81.8 Å². The lowest BCUT2D eigenvalue weighted by atomic mass is 10.2. The van der Waals surface area contributed by atoms with Crippen LogP contribution in [0.5, 0.6) is 5.75 Å². The van der Waals surface area contributed by atoms with E-state index in [1.807, 2.05) is 63.2 Å². The van der Waals surface area contributed by atoms with E-state index in [1.165, 1.54) is 5.56 Å². The number of anilines is 2.